The van der Waals surface area contributed by atoms with Crippen LogP contribution in [0, 0.1) is 5.92 Å². The molecule has 0 aliphatic rings. The van der Waals surface area contributed by atoms with E-state index < -0.39 is 90.4 Å². The van der Waals surface area contributed by atoms with E-state index in [4.69, 9.17) is 26.8 Å². The van der Waals surface area contributed by atoms with Gasteiger partial charge in [-0.1, -0.05) is 49.7 Å². The van der Waals surface area contributed by atoms with Crippen molar-refractivity contribution in [3.8, 4) is 11.1 Å². The molecule has 0 aliphatic heterocycles. The molecule has 0 aromatic heterocycles. The van der Waals surface area contributed by atoms with E-state index in [9.17, 15) is 38.7 Å². The largest absolute Gasteiger partial charge is 0.480 e. The van der Waals surface area contributed by atoms with Crippen molar-refractivity contribution in [2.45, 2.75) is 97.3 Å². The first-order valence-corrected chi connectivity index (χ1v) is 17.8. The molecule has 6 amide bonds. The third-order valence-electron chi connectivity index (χ3n) is 7.18. The summed E-state index contributed by atoms with van der Waals surface area (Å²) in [4.78, 5) is 90.1. The van der Waals surface area contributed by atoms with Crippen LogP contribution in [0.15, 0.2) is 48.5 Å². The van der Waals surface area contributed by atoms with Crippen LogP contribution in [0.25, 0.3) is 11.1 Å². The van der Waals surface area contributed by atoms with Gasteiger partial charge in [0.15, 0.2) is 6.17 Å². The number of alkyl carbamates (subject to hydrolysis) is 2. The zero-order valence-electron chi connectivity index (χ0n) is 32.2. The van der Waals surface area contributed by atoms with Crippen molar-refractivity contribution in [1.29, 1.82) is 0 Å². The number of carbonyl (C=O) groups is 7. The molecule has 55 heavy (non-hydrogen) atoms. The molecule has 18 heteroatoms. The summed E-state index contributed by atoms with van der Waals surface area (Å²) in [6.07, 6.45) is -3.54. The summed E-state index contributed by atoms with van der Waals surface area (Å²) in [6, 6.07) is 9.05. The molecule has 0 saturated heterocycles. The molecule has 0 radical (unpaired) electrons. The van der Waals surface area contributed by atoms with E-state index in [0.29, 0.717) is 5.02 Å². The van der Waals surface area contributed by atoms with Gasteiger partial charge in [0.2, 0.25) is 11.8 Å². The van der Waals surface area contributed by atoms with Crippen molar-refractivity contribution in [2.75, 3.05) is 13.1 Å². The number of carbonyl (C=O) groups excluding carboxylic acids is 6. The van der Waals surface area contributed by atoms with Crippen LogP contribution in [-0.4, -0.2) is 95.5 Å². The fraction of sp³-hybridized carbons (Fsp3) is 0.486. The zero-order chi connectivity index (χ0) is 41.7. The number of hydrogen-bond donors (Lipinski definition) is 8. The molecule has 0 heterocycles. The van der Waals surface area contributed by atoms with Crippen molar-refractivity contribution in [1.82, 2.24) is 31.9 Å². The average molecular weight is 790 g/mol. The van der Waals surface area contributed by atoms with Gasteiger partial charge in [0, 0.05) is 10.6 Å². The Morgan fingerprint density at radius 1 is 0.655 bits per heavy atom. The number of ether oxygens (including phenoxy) is 2. The first-order chi connectivity index (χ1) is 25.4. The van der Waals surface area contributed by atoms with Gasteiger partial charge in [-0.2, -0.15) is 0 Å². The lowest BCUT2D eigenvalue weighted by Crippen LogP contribution is -2.63. The van der Waals surface area contributed by atoms with Crippen molar-refractivity contribution in [3.63, 3.8) is 0 Å². The maximum absolute atomic E-state index is 13.8. The second kappa shape index (κ2) is 20.3. The summed E-state index contributed by atoms with van der Waals surface area (Å²) in [5.41, 5.74) is 5.87. The normalized spacial score (nSPS) is 13.6. The number of carboxylic acids is 1. The Bertz CT molecular complexity index is 1670. The number of benzene rings is 2. The Kier molecular flexibility index (Phi) is 16.9. The number of aliphatic carboxylic acids is 1. The standard InChI is InChI=1S/C37H52ClN7O10/c1-20(2)17-25(33(50)51)42-32(49)28(39)45-31(48)27(19-41-35(53)55-37(6,7)8)44-30(47)26(18-40-34(52)54-36(3,4)5)43-29(46)23-11-9-21(10-12-23)22-13-15-24(38)16-14-22/h9-16,20,25-28H,17-19,39H2,1-8H3,(H,40,52)(H,41,53)(H,42,49)(H,43,46)(H,44,47)(H,45,48)(H,50,51)/t25-,26-,27-,28+/m0/s1. The molecule has 2 rings (SSSR count). The lowest BCUT2D eigenvalue weighted by atomic mass is 10.0. The lowest BCUT2D eigenvalue weighted by Gasteiger charge is -2.26. The van der Waals surface area contributed by atoms with E-state index in [1.807, 2.05) is 12.1 Å². The van der Waals surface area contributed by atoms with Crippen LogP contribution in [0.4, 0.5) is 9.59 Å². The topological polar surface area (TPSA) is 256 Å². The Hall–Kier alpha value is -5.42. The number of carboxylic acid groups (broad SMARTS) is 1. The van der Waals surface area contributed by atoms with Gasteiger partial charge >= 0.3 is 18.2 Å². The molecule has 2 aromatic carbocycles. The first-order valence-electron chi connectivity index (χ1n) is 17.4. The number of nitrogens with two attached hydrogens (primary N) is 1. The molecule has 2 aromatic rings. The fourth-order valence-corrected chi connectivity index (χ4v) is 4.79. The highest BCUT2D eigenvalue weighted by molar-refractivity contribution is 6.30. The van der Waals surface area contributed by atoms with Crippen LogP contribution in [0.1, 0.15) is 72.2 Å². The third kappa shape index (κ3) is 17.1. The van der Waals surface area contributed by atoms with E-state index in [1.165, 1.54) is 12.1 Å². The third-order valence-corrected chi connectivity index (χ3v) is 7.43. The molecule has 0 fully saturated rings. The molecule has 0 saturated carbocycles. The molecule has 0 aliphatic carbocycles. The molecule has 302 valence electrons. The minimum absolute atomic E-state index is 0.0805. The van der Waals surface area contributed by atoms with E-state index >= 15 is 0 Å². The highest BCUT2D eigenvalue weighted by atomic mass is 35.5. The van der Waals surface area contributed by atoms with E-state index in [-0.39, 0.29) is 17.9 Å². The molecule has 9 N–H and O–H groups in total. The van der Waals surface area contributed by atoms with Crippen LogP contribution in [0.5, 0.6) is 0 Å². The Balaban J connectivity index is 2.34. The molecule has 0 bridgehead atoms. The van der Waals surface area contributed by atoms with E-state index in [1.54, 1.807) is 79.7 Å². The van der Waals surface area contributed by atoms with Crippen LogP contribution in [0.3, 0.4) is 0 Å². The van der Waals surface area contributed by atoms with Gasteiger partial charge in [-0.3, -0.25) is 19.2 Å². The molecule has 17 nitrogen and oxygen atoms in total. The van der Waals surface area contributed by atoms with Gasteiger partial charge in [0.05, 0.1) is 13.1 Å². The minimum atomic E-state index is -1.78. The van der Waals surface area contributed by atoms with Crippen molar-refractivity contribution in [2.24, 2.45) is 11.7 Å². The molecule has 4 atom stereocenters. The number of amides is 6. The maximum Gasteiger partial charge on any atom is 0.407 e. The summed E-state index contributed by atoms with van der Waals surface area (Å²) in [5, 5.41) is 24.3. The molecule has 0 spiro atoms. The Morgan fingerprint density at radius 3 is 1.51 bits per heavy atom. The maximum atomic E-state index is 13.8. The fourth-order valence-electron chi connectivity index (χ4n) is 4.66. The van der Waals surface area contributed by atoms with Gasteiger partial charge in [-0.15, -0.1) is 0 Å². The highest BCUT2D eigenvalue weighted by Gasteiger charge is 2.32. The second-order valence-electron chi connectivity index (χ2n) is 15.0. The number of nitrogens with one attached hydrogen (secondary N) is 6. The van der Waals surface area contributed by atoms with Gasteiger partial charge < -0.3 is 52.2 Å². The highest BCUT2D eigenvalue weighted by Crippen LogP contribution is 2.22. The number of halogens is 1. The summed E-state index contributed by atoms with van der Waals surface area (Å²) >= 11 is 5.99. The van der Waals surface area contributed by atoms with Crippen molar-refractivity contribution >= 4 is 53.4 Å². The van der Waals surface area contributed by atoms with Gasteiger partial charge in [-0.25, -0.2) is 14.4 Å². The zero-order valence-corrected chi connectivity index (χ0v) is 33.0. The van der Waals surface area contributed by atoms with Crippen molar-refractivity contribution in [3.05, 3.63) is 59.1 Å². The SMILES string of the molecule is CC(C)C[C@H](NC(=O)[C@H](N)NC(=O)[C@H](CNC(=O)OC(C)(C)C)NC(=O)[C@H](CNC(=O)OC(C)(C)C)NC(=O)c1ccc(-c2ccc(Cl)cc2)cc1)C(=O)O. The summed E-state index contributed by atoms with van der Waals surface area (Å²) < 4.78 is 10.5. The molecular weight excluding hydrogens is 738 g/mol. The van der Waals surface area contributed by atoms with Crippen molar-refractivity contribution < 1.29 is 48.1 Å². The molecular formula is C37H52ClN7O10. The Labute approximate surface area is 325 Å². The molecule has 0 unspecified atom stereocenters. The van der Waals surface area contributed by atoms with E-state index in [2.05, 4.69) is 31.9 Å². The summed E-state index contributed by atoms with van der Waals surface area (Å²) in [6.45, 7) is 12.1. The Morgan fingerprint density at radius 2 is 1.07 bits per heavy atom. The quantitative estimate of drug-likeness (QED) is 0.115. The predicted molar refractivity (Wildman–Crippen MR) is 204 cm³/mol. The smallest absolute Gasteiger partial charge is 0.407 e. The van der Waals surface area contributed by atoms with E-state index in [0.717, 1.165) is 11.1 Å². The van der Waals surface area contributed by atoms with Gasteiger partial charge in [0.25, 0.3) is 11.8 Å². The monoisotopic (exact) mass is 789 g/mol. The van der Waals surface area contributed by atoms with Crippen LogP contribution >= 0.6 is 11.6 Å². The number of hydrogen-bond acceptors (Lipinski definition) is 10. The van der Waals surface area contributed by atoms with Crippen LogP contribution in [0.2, 0.25) is 5.02 Å². The van der Waals surface area contributed by atoms with Crippen LogP contribution < -0.4 is 37.6 Å². The van der Waals surface area contributed by atoms with Gasteiger partial charge in [0.1, 0.15) is 29.3 Å². The second-order valence-corrected chi connectivity index (χ2v) is 15.4. The summed E-state index contributed by atoms with van der Waals surface area (Å²) in [5.74, 6) is -5.20. The van der Waals surface area contributed by atoms with Crippen LogP contribution in [-0.2, 0) is 28.7 Å². The average Bonchev–Trinajstić information content (AvgIpc) is 3.06. The number of rotatable bonds is 16. The minimum Gasteiger partial charge on any atom is -0.480 e. The first kappa shape index (κ1) is 45.7. The summed E-state index contributed by atoms with van der Waals surface area (Å²) in [7, 11) is 0. The lowest BCUT2D eigenvalue weighted by molar-refractivity contribution is -0.142. The van der Waals surface area contributed by atoms with Gasteiger partial charge in [-0.05, 0) is 89.3 Å². The predicted octanol–water partition coefficient (Wildman–Crippen LogP) is 2.66.